The third-order valence-corrected chi connectivity index (χ3v) is 4.68. The number of carbonyl (C=O) groups excluding carboxylic acids is 1. The van der Waals surface area contributed by atoms with Crippen molar-refractivity contribution < 1.29 is 4.79 Å². The molecule has 134 valence electrons. The second-order valence-electron chi connectivity index (χ2n) is 7.32. The topological polar surface area (TPSA) is 50.2 Å². The molecule has 2 aromatic rings. The minimum atomic E-state index is 0.0881. The second-order valence-corrected chi connectivity index (χ2v) is 7.32. The van der Waals surface area contributed by atoms with Crippen molar-refractivity contribution >= 4 is 5.91 Å². The zero-order valence-corrected chi connectivity index (χ0v) is 15.2. The van der Waals surface area contributed by atoms with Crippen LogP contribution in [0, 0.1) is 11.8 Å². The van der Waals surface area contributed by atoms with Gasteiger partial charge in [-0.1, -0.05) is 44.2 Å². The van der Waals surface area contributed by atoms with E-state index in [1.54, 1.807) is 0 Å². The highest BCUT2D eigenvalue weighted by Crippen LogP contribution is 2.19. The maximum absolute atomic E-state index is 12.4. The van der Waals surface area contributed by atoms with Crippen LogP contribution in [0.25, 0.3) is 0 Å². The van der Waals surface area contributed by atoms with E-state index >= 15 is 0 Å². The molecule has 5 nitrogen and oxygen atoms in total. The molecule has 0 aliphatic carbocycles. The molecule has 1 atom stereocenters. The standard InChI is InChI=1S/C20H28N4O/c1-16(2)13-24-19(8-10-22-24)15-23-11-9-18(14-23)20(25)21-12-17-6-4-3-5-7-17/h3-8,10,16,18H,9,11-15H2,1-2H3,(H,21,25). The van der Waals surface area contributed by atoms with Gasteiger partial charge in [-0.15, -0.1) is 0 Å². The summed E-state index contributed by atoms with van der Waals surface area (Å²) in [5, 5.41) is 7.50. The number of nitrogens with zero attached hydrogens (tertiary/aromatic N) is 3. The van der Waals surface area contributed by atoms with Crippen LogP contribution < -0.4 is 5.32 Å². The van der Waals surface area contributed by atoms with E-state index in [0.29, 0.717) is 12.5 Å². The van der Waals surface area contributed by atoms with Crippen LogP contribution >= 0.6 is 0 Å². The summed E-state index contributed by atoms with van der Waals surface area (Å²) >= 11 is 0. The highest BCUT2D eigenvalue weighted by atomic mass is 16.1. The van der Waals surface area contributed by atoms with E-state index in [1.165, 1.54) is 5.69 Å². The van der Waals surface area contributed by atoms with E-state index in [9.17, 15) is 4.79 Å². The Hall–Kier alpha value is -2.14. The largest absolute Gasteiger partial charge is 0.352 e. The number of amides is 1. The summed E-state index contributed by atoms with van der Waals surface area (Å²) in [5.74, 6) is 0.834. The minimum Gasteiger partial charge on any atom is -0.352 e. The second kappa shape index (κ2) is 8.30. The van der Waals surface area contributed by atoms with Gasteiger partial charge in [0.25, 0.3) is 0 Å². The van der Waals surface area contributed by atoms with Gasteiger partial charge in [0.1, 0.15) is 0 Å². The molecule has 0 radical (unpaired) electrons. The van der Waals surface area contributed by atoms with Crippen molar-refractivity contribution in [1.29, 1.82) is 0 Å². The molecule has 25 heavy (non-hydrogen) atoms. The summed E-state index contributed by atoms with van der Waals surface area (Å²) in [6.45, 7) is 8.62. The van der Waals surface area contributed by atoms with Crippen LogP contribution in [0.5, 0.6) is 0 Å². The Morgan fingerprint density at radius 2 is 2.08 bits per heavy atom. The number of aromatic nitrogens is 2. The van der Waals surface area contributed by atoms with Crippen LogP contribution in [0.4, 0.5) is 0 Å². The van der Waals surface area contributed by atoms with Crippen molar-refractivity contribution in [3.05, 3.63) is 53.9 Å². The first-order chi connectivity index (χ1) is 12.1. The number of hydrogen-bond donors (Lipinski definition) is 1. The van der Waals surface area contributed by atoms with E-state index in [1.807, 2.05) is 36.5 Å². The van der Waals surface area contributed by atoms with E-state index in [0.717, 1.165) is 38.2 Å². The number of rotatable bonds is 7. The van der Waals surface area contributed by atoms with Crippen LogP contribution in [0.3, 0.4) is 0 Å². The first-order valence-corrected chi connectivity index (χ1v) is 9.16. The molecule has 5 heteroatoms. The molecule has 1 N–H and O–H groups in total. The number of likely N-dealkylation sites (tertiary alicyclic amines) is 1. The fourth-order valence-corrected chi connectivity index (χ4v) is 3.35. The first-order valence-electron chi connectivity index (χ1n) is 9.16. The van der Waals surface area contributed by atoms with Crippen molar-refractivity contribution in [2.45, 2.75) is 39.9 Å². The highest BCUT2D eigenvalue weighted by molar-refractivity contribution is 5.79. The van der Waals surface area contributed by atoms with Crippen molar-refractivity contribution in [3.8, 4) is 0 Å². The molecule has 2 heterocycles. The summed E-state index contributed by atoms with van der Waals surface area (Å²) in [6.07, 6.45) is 2.80. The van der Waals surface area contributed by atoms with Gasteiger partial charge in [-0.25, -0.2) is 0 Å². The minimum absolute atomic E-state index is 0.0881. The molecule has 0 spiro atoms. The van der Waals surface area contributed by atoms with Crippen molar-refractivity contribution in [1.82, 2.24) is 20.0 Å². The Morgan fingerprint density at radius 1 is 1.28 bits per heavy atom. The van der Waals surface area contributed by atoms with Crippen LogP contribution in [-0.2, 0) is 24.4 Å². The lowest BCUT2D eigenvalue weighted by atomic mass is 10.1. The van der Waals surface area contributed by atoms with Crippen molar-refractivity contribution in [2.75, 3.05) is 13.1 Å². The fraction of sp³-hybridized carbons (Fsp3) is 0.500. The molecule has 1 amide bonds. The average Bonchev–Trinajstić information content (AvgIpc) is 3.24. The molecule has 0 saturated carbocycles. The third kappa shape index (κ3) is 4.92. The van der Waals surface area contributed by atoms with Gasteiger partial charge in [0.15, 0.2) is 0 Å². The van der Waals surface area contributed by atoms with Gasteiger partial charge < -0.3 is 5.32 Å². The molecule has 0 bridgehead atoms. The first kappa shape index (κ1) is 17.7. The summed E-state index contributed by atoms with van der Waals surface area (Å²) in [7, 11) is 0. The molecular weight excluding hydrogens is 312 g/mol. The molecule has 1 aliphatic heterocycles. The molecule has 1 aromatic heterocycles. The third-order valence-electron chi connectivity index (χ3n) is 4.68. The van der Waals surface area contributed by atoms with Crippen LogP contribution in [0.2, 0.25) is 0 Å². The predicted octanol–water partition coefficient (Wildman–Crippen LogP) is 2.68. The van der Waals surface area contributed by atoms with Gasteiger partial charge in [0.2, 0.25) is 5.91 Å². The van der Waals surface area contributed by atoms with Crippen LogP contribution in [0.1, 0.15) is 31.5 Å². The molecular formula is C20H28N4O. The number of hydrogen-bond acceptors (Lipinski definition) is 3. The lowest BCUT2D eigenvalue weighted by molar-refractivity contribution is -0.124. The van der Waals surface area contributed by atoms with Gasteiger partial charge >= 0.3 is 0 Å². The maximum atomic E-state index is 12.4. The Kier molecular flexibility index (Phi) is 5.87. The molecule has 1 aliphatic rings. The van der Waals surface area contributed by atoms with Gasteiger partial charge in [-0.2, -0.15) is 5.10 Å². The summed E-state index contributed by atoms with van der Waals surface area (Å²) in [6, 6.07) is 12.2. The lowest BCUT2D eigenvalue weighted by Crippen LogP contribution is -2.32. The zero-order valence-electron chi connectivity index (χ0n) is 15.2. The molecule has 1 aromatic carbocycles. The van der Waals surface area contributed by atoms with E-state index in [-0.39, 0.29) is 11.8 Å². The average molecular weight is 340 g/mol. The normalized spacial score (nSPS) is 18.0. The number of carbonyl (C=O) groups is 1. The summed E-state index contributed by atoms with van der Waals surface area (Å²) in [4.78, 5) is 14.8. The summed E-state index contributed by atoms with van der Waals surface area (Å²) in [5.41, 5.74) is 2.38. The van der Waals surface area contributed by atoms with Crippen molar-refractivity contribution in [2.24, 2.45) is 11.8 Å². The van der Waals surface area contributed by atoms with E-state index in [2.05, 4.69) is 39.9 Å². The quantitative estimate of drug-likeness (QED) is 0.843. The molecule has 1 unspecified atom stereocenters. The SMILES string of the molecule is CC(C)Cn1nccc1CN1CCC(C(=O)NCc2ccccc2)C1. The van der Waals surface area contributed by atoms with E-state index < -0.39 is 0 Å². The Bertz CT molecular complexity index is 680. The smallest absolute Gasteiger partial charge is 0.224 e. The fourth-order valence-electron chi connectivity index (χ4n) is 3.35. The number of benzene rings is 1. The maximum Gasteiger partial charge on any atom is 0.224 e. The highest BCUT2D eigenvalue weighted by Gasteiger charge is 2.28. The lowest BCUT2D eigenvalue weighted by Gasteiger charge is -2.17. The number of nitrogens with one attached hydrogen (secondary N) is 1. The molecule has 1 fully saturated rings. The Morgan fingerprint density at radius 3 is 2.84 bits per heavy atom. The van der Waals surface area contributed by atoms with Gasteiger partial charge in [0.05, 0.1) is 11.6 Å². The Balaban J connectivity index is 1.48. The van der Waals surface area contributed by atoms with Gasteiger partial charge in [-0.05, 0) is 30.5 Å². The monoisotopic (exact) mass is 340 g/mol. The summed E-state index contributed by atoms with van der Waals surface area (Å²) < 4.78 is 2.09. The zero-order chi connectivity index (χ0) is 17.6. The van der Waals surface area contributed by atoms with Crippen LogP contribution in [0.15, 0.2) is 42.6 Å². The van der Waals surface area contributed by atoms with Gasteiger partial charge in [-0.3, -0.25) is 14.4 Å². The molecule has 1 saturated heterocycles. The van der Waals surface area contributed by atoms with Crippen molar-refractivity contribution in [3.63, 3.8) is 0 Å². The Labute approximate surface area is 150 Å². The van der Waals surface area contributed by atoms with E-state index in [4.69, 9.17) is 0 Å². The predicted molar refractivity (Wildman–Crippen MR) is 98.7 cm³/mol. The van der Waals surface area contributed by atoms with Crippen LogP contribution in [-0.4, -0.2) is 33.7 Å². The van der Waals surface area contributed by atoms with Gasteiger partial charge in [0, 0.05) is 32.4 Å². The molecule has 3 rings (SSSR count).